The highest BCUT2D eigenvalue weighted by Crippen LogP contribution is 2.77. The number of benzene rings is 1. The molecule has 274 valence electrons. The molecule has 0 bridgehead atoms. The molecule has 1 aliphatic heterocycles. The molecule has 5 saturated carbocycles. The molecule has 7 rings (SSSR count). The summed E-state index contributed by atoms with van der Waals surface area (Å²) in [5, 5.41) is 0. The van der Waals surface area contributed by atoms with Gasteiger partial charge in [-0.25, -0.2) is 4.39 Å². The van der Waals surface area contributed by atoms with Crippen LogP contribution < -0.4 is 0 Å². The summed E-state index contributed by atoms with van der Waals surface area (Å²) in [4.78, 5) is 44.5. The Morgan fingerprint density at radius 1 is 0.900 bits per heavy atom. The van der Waals surface area contributed by atoms with Gasteiger partial charge in [0.05, 0.1) is 5.41 Å². The standard InChI is InChI=1S/C43H61FN2O4/c1-28(2)31-13-18-43(38(49)50-26-25-45-21-23-46(24-22-45)37(48)29-9-8-10-30(44)27-29)20-19-41(6)32(36(31)43)11-12-34-40(5)16-15-35(47)39(3,4)33(40)14-17-42(34,41)7/h8-10,27,31-34,36H,1,11-26H2,2-7H3/t31-,32+,33-,34+,36+,40-,41+,42+,43-/m0/s1. The highest BCUT2D eigenvalue weighted by atomic mass is 19.1. The van der Waals surface area contributed by atoms with Crippen LogP contribution in [-0.2, 0) is 14.3 Å². The number of fused-ring (bicyclic) bond motifs is 7. The molecule has 50 heavy (non-hydrogen) atoms. The Bertz CT molecular complexity index is 1550. The minimum atomic E-state index is -0.451. The zero-order chi connectivity index (χ0) is 35.9. The van der Waals surface area contributed by atoms with Crippen LogP contribution in [0.5, 0.6) is 0 Å². The van der Waals surface area contributed by atoms with Crippen molar-refractivity contribution in [2.24, 2.45) is 56.7 Å². The predicted molar refractivity (Wildman–Crippen MR) is 194 cm³/mol. The average Bonchev–Trinajstić information content (AvgIpc) is 3.48. The first-order valence-electron chi connectivity index (χ1n) is 19.7. The van der Waals surface area contributed by atoms with Crippen LogP contribution in [0.15, 0.2) is 36.4 Å². The van der Waals surface area contributed by atoms with E-state index in [2.05, 4.69) is 53.0 Å². The summed E-state index contributed by atoms with van der Waals surface area (Å²) >= 11 is 0. The minimum absolute atomic E-state index is 0.00343. The second-order valence-corrected chi connectivity index (χ2v) is 18.8. The Kier molecular flexibility index (Phi) is 9.00. The molecular weight excluding hydrogens is 627 g/mol. The number of esters is 1. The molecule has 1 heterocycles. The maximum absolute atomic E-state index is 14.4. The summed E-state index contributed by atoms with van der Waals surface area (Å²) in [7, 11) is 0. The summed E-state index contributed by atoms with van der Waals surface area (Å²) in [5.74, 6) is 2.02. The lowest BCUT2D eigenvalue weighted by Crippen LogP contribution is -2.66. The predicted octanol–water partition coefficient (Wildman–Crippen LogP) is 8.35. The van der Waals surface area contributed by atoms with Crippen molar-refractivity contribution in [1.29, 1.82) is 0 Å². The summed E-state index contributed by atoms with van der Waals surface area (Å²) < 4.78 is 20.0. The molecule has 5 aliphatic carbocycles. The SMILES string of the molecule is C=C(C)[C@@H]1CC[C@]2(C(=O)OCCN3CCN(C(=O)c4cccc(F)c4)CC3)CC[C@]3(C)[C@H](CC[C@@H]4[C@@]5(C)CCC(=O)C(C)(C)[C@@H]5CC[C@]43C)[C@@H]12. The maximum atomic E-state index is 14.4. The summed E-state index contributed by atoms with van der Waals surface area (Å²) in [6, 6.07) is 5.89. The first-order chi connectivity index (χ1) is 23.6. The van der Waals surface area contributed by atoms with Gasteiger partial charge < -0.3 is 9.64 Å². The van der Waals surface area contributed by atoms with Gasteiger partial charge >= 0.3 is 5.97 Å². The second-order valence-electron chi connectivity index (χ2n) is 18.8. The highest BCUT2D eigenvalue weighted by Gasteiger charge is 2.72. The fraction of sp³-hybridized carbons (Fsp3) is 0.744. The summed E-state index contributed by atoms with van der Waals surface area (Å²) in [6.45, 7) is 22.4. The van der Waals surface area contributed by atoms with Crippen LogP contribution in [-0.4, -0.2) is 66.8 Å². The van der Waals surface area contributed by atoms with Crippen molar-refractivity contribution in [3.63, 3.8) is 0 Å². The van der Waals surface area contributed by atoms with Crippen molar-refractivity contribution in [3.8, 4) is 0 Å². The van der Waals surface area contributed by atoms with E-state index in [1.54, 1.807) is 17.0 Å². The molecule has 0 N–H and O–H groups in total. The van der Waals surface area contributed by atoms with Gasteiger partial charge in [0.25, 0.3) is 5.91 Å². The Morgan fingerprint density at radius 2 is 1.64 bits per heavy atom. The van der Waals surface area contributed by atoms with Gasteiger partial charge in [0.1, 0.15) is 18.2 Å². The molecule has 0 aromatic heterocycles. The molecule has 0 spiro atoms. The summed E-state index contributed by atoms with van der Waals surface area (Å²) in [6.07, 6.45) is 10.2. The van der Waals surface area contributed by atoms with Gasteiger partial charge in [-0.3, -0.25) is 19.3 Å². The molecular formula is C43H61FN2O4. The number of carbonyl (C=O) groups is 3. The van der Waals surface area contributed by atoms with E-state index in [4.69, 9.17) is 4.74 Å². The quantitative estimate of drug-likeness (QED) is 0.222. The van der Waals surface area contributed by atoms with Gasteiger partial charge in [0.15, 0.2) is 0 Å². The van der Waals surface area contributed by atoms with E-state index in [1.807, 2.05) is 0 Å². The van der Waals surface area contributed by atoms with Crippen LogP contribution in [0.3, 0.4) is 0 Å². The van der Waals surface area contributed by atoms with Crippen LogP contribution in [0, 0.1) is 62.5 Å². The molecule has 1 aromatic carbocycles. The molecule has 1 saturated heterocycles. The number of hydrogen-bond donors (Lipinski definition) is 0. The molecule has 0 unspecified atom stereocenters. The number of halogens is 1. The lowest BCUT2D eigenvalue weighted by molar-refractivity contribution is -0.236. The monoisotopic (exact) mass is 688 g/mol. The van der Waals surface area contributed by atoms with E-state index < -0.39 is 11.2 Å². The average molecular weight is 689 g/mol. The van der Waals surface area contributed by atoms with Gasteiger partial charge in [-0.2, -0.15) is 0 Å². The molecule has 6 fully saturated rings. The number of Topliss-reactive ketones (excluding diaryl/α,β-unsaturated/α-hetero) is 1. The van der Waals surface area contributed by atoms with E-state index >= 15 is 0 Å². The minimum Gasteiger partial charge on any atom is -0.464 e. The number of ketones is 1. The fourth-order valence-electron chi connectivity index (χ4n) is 13.7. The van der Waals surface area contributed by atoms with Crippen molar-refractivity contribution in [2.45, 2.75) is 106 Å². The zero-order valence-electron chi connectivity index (χ0n) is 31.6. The van der Waals surface area contributed by atoms with Gasteiger partial charge in [0, 0.05) is 50.1 Å². The van der Waals surface area contributed by atoms with Crippen molar-refractivity contribution < 1.29 is 23.5 Å². The van der Waals surface area contributed by atoms with E-state index in [1.165, 1.54) is 30.5 Å². The third kappa shape index (κ3) is 5.28. The van der Waals surface area contributed by atoms with Crippen LogP contribution in [0.4, 0.5) is 4.39 Å². The molecule has 1 aromatic rings. The maximum Gasteiger partial charge on any atom is 0.312 e. The third-order valence-corrected chi connectivity index (χ3v) is 16.6. The van der Waals surface area contributed by atoms with Gasteiger partial charge in [-0.05, 0) is 129 Å². The van der Waals surface area contributed by atoms with Crippen molar-refractivity contribution in [1.82, 2.24) is 9.80 Å². The second kappa shape index (κ2) is 12.6. The Labute approximate surface area is 299 Å². The molecule has 0 radical (unpaired) electrons. The number of allylic oxidation sites excluding steroid dienone is 1. The molecule has 6 aliphatic rings. The zero-order valence-corrected chi connectivity index (χ0v) is 31.6. The first-order valence-corrected chi connectivity index (χ1v) is 19.7. The first kappa shape index (κ1) is 35.8. The van der Waals surface area contributed by atoms with Gasteiger partial charge in [-0.1, -0.05) is 52.8 Å². The van der Waals surface area contributed by atoms with Gasteiger partial charge in [-0.15, -0.1) is 0 Å². The lowest BCUT2D eigenvalue weighted by Gasteiger charge is -2.72. The Hall–Kier alpha value is -2.54. The molecule has 6 nitrogen and oxygen atoms in total. The fourth-order valence-corrected chi connectivity index (χ4v) is 13.7. The normalized spacial score (nSPS) is 41.0. The van der Waals surface area contributed by atoms with Crippen LogP contribution in [0.2, 0.25) is 0 Å². The van der Waals surface area contributed by atoms with E-state index in [0.717, 1.165) is 44.9 Å². The van der Waals surface area contributed by atoms with Crippen molar-refractivity contribution in [3.05, 3.63) is 47.8 Å². The molecule has 7 heteroatoms. The topological polar surface area (TPSA) is 66.9 Å². The third-order valence-electron chi connectivity index (χ3n) is 16.6. The van der Waals surface area contributed by atoms with Crippen LogP contribution in [0.25, 0.3) is 0 Å². The summed E-state index contributed by atoms with van der Waals surface area (Å²) in [5.41, 5.74) is 1.38. The van der Waals surface area contributed by atoms with E-state index in [9.17, 15) is 18.8 Å². The van der Waals surface area contributed by atoms with E-state index in [-0.39, 0.29) is 39.5 Å². The highest BCUT2D eigenvalue weighted by molar-refractivity contribution is 5.94. The number of rotatable bonds is 6. The smallest absolute Gasteiger partial charge is 0.312 e. The Balaban J connectivity index is 1.04. The number of amides is 1. The van der Waals surface area contributed by atoms with Crippen LogP contribution >= 0.6 is 0 Å². The Morgan fingerprint density at radius 3 is 2.34 bits per heavy atom. The number of piperazine rings is 1. The number of ether oxygens (including phenoxy) is 1. The largest absolute Gasteiger partial charge is 0.464 e. The number of carbonyl (C=O) groups excluding carboxylic acids is 3. The molecule has 1 amide bonds. The van der Waals surface area contributed by atoms with E-state index in [0.29, 0.717) is 80.8 Å². The number of hydrogen-bond acceptors (Lipinski definition) is 5. The van der Waals surface area contributed by atoms with Gasteiger partial charge in [0.2, 0.25) is 0 Å². The van der Waals surface area contributed by atoms with Crippen molar-refractivity contribution in [2.75, 3.05) is 39.3 Å². The van der Waals surface area contributed by atoms with Crippen LogP contribution in [0.1, 0.15) is 116 Å². The molecule has 9 atom stereocenters. The lowest BCUT2D eigenvalue weighted by atomic mass is 9.32. The number of nitrogens with zero attached hydrogens (tertiary/aromatic N) is 2. The van der Waals surface area contributed by atoms with Crippen molar-refractivity contribution >= 4 is 17.7 Å².